The Morgan fingerprint density at radius 1 is 1.35 bits per heavy atom. The van der Waals surface area contributed by atoms with Crippen LogP contribution in [0.2, 0.25) is 10.0 Å². The van der Waals surface area contributed by atoms with Crippen LogP contribution in [0.25, 0.3) is 0 Å². The number of methoxy groups -OCH3 is 1. The second-order valence-corrected chi connectivity index (χ2v) is 4.56. The van der Waals surface area contributed by atoms with Crippen molar-refractivity contribution in [3.8, 4) is 0 Å². The van der Waals surface area contributed by atoms with Gasteiger partial charge in [-0.15, -0.1) is 0 Å². The number of benzene rings is 1. The van der Waals surface area contributed by atoms with Gasteiger partial charge in [-0.05, 0) is 25.5 Å². The van der Waals surface area contributed by atoms with Crippen molar-refractivity contribution in [2.75, 3.05) is 7.11 Å². The van der Waals surface area contributed by atoms with Crippen LogP contribution in [0.4, 0.5) is 0 Å². The molecule has 0 heterocycles. The highest BCUT2D eigenvalue weighted by molar-refractivity contribution is 6.42. The van der Waals surface area contributed by atoms with Crippen LogP contribution in [0.15, 0.2) is 18.2 Å². The Kier molecular flexibility index (Phi) is 5.25. The highest BCUT2D eigenvalue weighted by Gasteiger charge is 2.18. The third-order valence-electron chi connectivity index (χ3n) is 2.50. The lowest BCUT2D eigenvalue weighted by Crippen LogP contribution is -2.36. The van der Waals surface area contributed by atoms with Gasteiger partial charge < -0.3 is 4.74 Å². The third-order valence-corrected chi connectivity index (χ3v) is 3.34. The number of rotatable bonds is 4. The van der Waals surface area contributed by atoms with Gasteiger partial charge in [-0.3, -0.25) is 10.1 Å². The van der Waals surface area contributed by atoms with Gasteiger partial charge in [-0.1, -0.05) is 35.3 Å². The summed E-state index contributed by atoms with van der Waals surface area (Å²) < 4.78 is 4.64. The summed E-state index contributed by atoms with van der Waals surface area (Å²) in [7, 11) is 1.36. The molecule has 2 unspecified atom stereocenters. The first-order valence-corrected chi connectivity index (χ1v) is 6.00. The summed E-state index contributed by atoms with van der Waals surface area (Å²) in [4.78, 5) is 11.3. The van der Waals surface area contributed by atoms with E-state index in [0.29, 0.717) is 10.0 Å². The fourth-order valence-corrected chi connectivity index (χ4v) is 2.04. The number of esters is 1. The molecule has 0 bridgehead atoms. The average molecular weight is 276 g/mol. The van der Waals surface area contributed by atoms with E-state index in [4.69, 9.17) is 23.2 Å². The molecule has 94 valence electrons. The van der Waals surface area contributed by atoms with Gasteiger partial charge in [0.15, 0.2) is 0 Å². The molecule has 2 atom stereocenters. The van der Waals surface area contributed by atoms with Crippen LogP contribution < -0.4 is 5.32 Å². The fraction of sp³-hybridized carbons (Fsp3) is 0.417. The van der Waals surface area contributed by atoms with E-state index in [1.54, 1.807) is 13.0 Å². The number of hydrogen-bond acceptors (Lipinski definition) is 3. The molecular weight excluding hydrogens is 261 g/mol. The maximum absolute atomic E-state index is 11.3. The Balaban J connectivity index is 2.80. The zero-order chi connectivity index (χ0) is 13.0. The number of carbonyl (C=O) groups is 1. The van der Waals surface area contributed by atoms with Crippen LogP contribution in [-0.4, -0.2) is 19.1 Å². The molecule has 0 saturated heterocycles. The molecular formula is C12H15Cl2NO2. The Morgan fingerprint density at radius 2 is 2.00 bits per heavy atom. The van der Waals surface area contributed by atoms with Crippen molar-refractivity contribution in [2.45, 2.75) is 25.9 Å². The maximum atomic E-state index is 11.3. The van der Waals surface area contributed by atoms with E-state index in [1.807, 2.05) is 19.1 Å². The monoisotopic (exact) mass is 275 g/mol. The molecule has 0 aliphatic rings. The van der Waals surface area contributed by atoms with Gasteiger partial charge >= 0.3 is 5.97 Å². The number of ether oxygens (including phenoxy) is 1. The smallest absolute Gasteiger partial charge is 0.322 e. The summed E-state index contributed by atoms with van der Waals surface area (Å²) in [6.45, 7) is 3.65. The average Bonchev–Trinajstić information content (AvgIpc) is 2.31. The molecule has 3 nitrogen and oxygen atoms in total. The molecule has 1 rings (SSSR count). The van der Waals surface area contributed by atoms with Crippen molar-refractivity contribution >= 4 is 29.2 Å². The highest BCUT2D eigenvalue weighted by Crippen LogP contribution is 2.29. The number of hydrogen-bond donors (Lipinski definition) is 1. The lowest BCUT2D eigenvalue weighted by molar-refractivity contribution is -0.142. The van der Waals surface area contributed by atoms with Crippen molar-refractivity contribution in [3.05, 3.63) is 33.8 Å². The lowest BCUT2D eigenvalue weighted by Gasteiger charge is -2.19. The minimum atomic E-state index is -0.398. The van der Waals surface area contributed by atoms with Crippen LogP contribution in [0.1, 0.15) is 25.5 Å². The van der Waals surface area contributed by atoms with Gasteiger partial charge in [-0.2, -0.15) is 0 Å². The van der Waals surface area contributed by atoms with E-state index < -0.39 is 6.04 Å². The van der Waals surface area contributed by atoms with Gasteiger partial charge in [-0.25, -0.2) is 0 Å². The first-order chi connectivity index (χ1) is 7.97. The van der Waals surface area contributed by atoms with Gasteiger partial charge in [0, 0.05) is 6.04 Å². The Hall–Kier alpha value is -0.770. The topological polar surface area (TPSA) is 38.3 Å². The quantitative estimate of drug-likeness (QED) is 0.858. The molecule has 0 fully saturated rings. The summed E-state index contributed by atoms with van der Waals surface area (Å²) in [5.41, 5.74) is 0.856. The molecule has 0 radical (unpaired) electrons. The third kappa shape index (κ3) is 3.60. The molecule has 0 amide bonds. The molecule has 1 aromatic rings. The van der Waals surface area contributed by atoms with Crippen molar-refractivity contribution in [1.82, 2.24) is 5.32 Å². The van der Waals surface area contributed by atoms with Crippen molar-refractivity contribution in [1.29, 1.82) is 0 Å². The summed E-state index contributed by atoms with van der Waals surface area (Å²) >= 11 is 12.0. The summed E-state index contributed by atoms with van der Waals surface area (Å²) in [5.74, 6) is -0.310. The van der Waals surface area contributed by atoms with Crippen LogP contribution in [0.5, 0.6) is 0 Å². The van der Waals surface area contributed by atoms with Gasteiger partial charge in [0.1, 0.15) is 6.04 Å². The van der Waals surface area contributed by atoms with Crippen LogP contribution in [-0.2, 0) is 9.53 Å². The van der Waals surface area contributed by atoms with E-state index >= 15 is 0 Å². The molecule has 0 spiro atoms. The van der Waals surface area contributed by atoms with E-state index in [1.165, 1.54) is 7.11 Å². The molecule has 0 aliphatic carbocycles. The lowest BCUT2D eigenvalue weighted by atomic mass is 10.1. The predicted octanol–water partition coefficient (Wildman–Crippen LogP) is 3.21. The van der Waals surface area contributed by atoms with Crippen molar-refractivity contribution < 1.29 is 9.53 Å². The Morgan fingerprint density at radius 3 is 2.59 bits per heavy atom. The zero-order valence-corrected chi connectivity index (χ0v) is 11.5. The van der Waals surface area contributed by atoms with E-state index in [-0.39, 0.29) is 12.0 Å². The van der Waals surface area contributed by atoms with Crippen molar-refractivity contribution in [3.63, 3.8) is 0 Å². The van der Waals surface area contributed by atoms with E-state index in [2.05, 4.69) is 10.1 Å². The SMILES string of the molecule is COC(=O)C(C)NC(C)c1cccc(Cl)c1Cl. The van der Waals surface area contributed by atoms with Gasteiger partial charge in [0.25, 0.3) is 0 Å². The number of carbonyl (C=O) groups excluding carboxylic acids is 1. The van der Waals surface area contributed by atoms with Crippen LogP contribution in [0, 0.1) is 0 Å². The molecule has 0 aliphatic heterocycles. The molecule has 5 heteroatoms. The van der Waals surface area contributed by atoms with Crippen LogP contribution >= 0.6 is 23.2 Å². The van der Waals surface area contributed by atoms with Crippen molar-refractivity contribution in [2.24, 2.45) is 0 Å². The molecule has 17 heavy (non-hydrogen) atoms. The fourth-order valence-electron chi connectivity index (χ4n) is 1.56. The van der Waals surface area contributed by atoms with Gasteiger partial charge in [0.2, 0.25) is 0 Å². The normalized spacial score (nSPS) is 14.2. The maximum Gasteiger partial charge on any atom is 0.322 e. The largest absolute Gasteiger partial charge is 0.468 e. The standard InChI is InChI=1S/C12H15Cl2NO2/c1-7(15-8(2)12(16)17-3)9-5-4-6-10(13)11(9)14/h4-8,15H,1-3H3. The minimum Gasteiger partial charge on any atom is -0.468 e. The number of halogens is 2. The second-order valence-electron chi connectivity index (χ2n) is 3.78. The molecule has 0 aromatic heterocycles. The molecule has 0 saturated carbocycles. The molecule has 1 N–H and O–H groups in total. The highest BCUT2D eigenvalue weighted by atomic mass is 35.5. The Labute approximate surface area is 111 Å². The minimum absolute atomic E-state index is 0.0877. The summed E-state index contributed by atoms with van der Waals surface area (Å²) in [6, 6.07) is 4.94. The summed E-state index contributed by atoms with van der Waals surface area (Å²) in [5, 5.41) is 4.11. The first-order valence-electron chi connectivity index (χ1n) is 5.25. The van der Waals surface area contributed by atoms with E-state index in [9.17, 15) is 4.79 Å². The van der Waals surface area contributed by atoms with Crippen LogP contribution in [0.3, 0.4) is 0 Å². The Bertz CT molecular complexity index is 409. The van der Waals surface area contributed by atoms with Gasteiger partial charge in [0.05, 0.1) is 17.2 Å². The summed E-state index contributed by atoms with van der Waals surface area (Å²) in [6.07, 6.45) is 0. The predicted molar refractivity (Wildman–Crippen MR) is 69.5 cm³/mol. The number of nitrogens with one attached hydrogen (secondary N) is 1. The second kappa shape index (κ2) is 6.24. The first kappa shape index (κ1) is 14.3. The van der Waals surface area contributed by atoms with E-state index in [0.717, 1.165) is 5.56 Å². The molecule has 1 aromatic carbocycles. The zero-order valence-electron chi connectivity index (χ0n) is 9.96.